The van der Waals surface area contributed by atoms with Crippen LogP contribution in [0, 0.1) is 0 Å². The predicted octanol–water partition coefficient (Wildman–Crippen LogP) is 2.24. The van der Waals surface area contributed by atoms with Crippen molar-refractivity contribution < 1.29 is 14.1 Å². The molecule has 2 heterocycles. The van der Waals surface area contributed by atoms with Crippen LogP contribution in [0.15, 0.2) is 24.5 Å². The highest BCUT2D eigenvalue weighted by molar-refractivity contribution is 5.68. The molecular formula is C15H23N2O2+. The Morgan fingerprint density at radius 1 is 1.37 bits per heavy atom. The Balaban J connectivity index is 1.96. The third-order valence-electron chi connectivity index (χ3n) is 3.32. The van der Waals surface area contributed by atoms with Crippen molar-refractivity contribution in [2.24, 2.45) is 7.05 Å². The first-order valence-electron chi connectivity index (χ1n) is 6.78. The Kier molecular flexibility index (Phi) is 3.78. The highest BCUT2D eigenvalue weighted by Crippen LogP contribution is 2.27. The number of amides is 1. The minimum absolute atomic E-state index is 0.198. The number of aryl methyl sites for hydroxylation is 1. The second kappa shape index (κ2) is 5.19. The summed E-state index contributed by atoms with van der Waals surface area (Å²) in [6, 6.07) is 4.26. The van der Waals surface area contributed by atoms with Gasteiger partial charge in [-0.15, -0.1) is 0 Å². The van der Waals surface area contributed by atoms with E-state index in [1.54, 1.807) is 0 Å². The van der Waals surface area contributed by atoms with Crippen molar-refractivity contribution >= 4 is 6.09 Å². The SMILES string of the molecule is C[n+]1ccc([C@@H]2CCN(C(=O)OC(C)(C)C)C2)cc1. The van der Waals surface area contributed by atoms with Crippen LogP contribution in [0.2, 0.25) is 0 Å². The summed E-state index contributed by atoms with van der Waals surface area (Å²) >= 11 is 0. The number of carbonyl (C=O) groups is 1. The predicted molar refractivity (Wildman–Crippen MR) is 72.8 cm³/mol. The molecule has 0 N–H and O–H groups in total. The van der Waals surface area contributed by atoms with E-state index >= 15 is 0 Å². The fraction of sp³-hybridized carbons (Fsp3) is 0.600. The molecule has 1 fully saturated rings. The van der Waals surface area contributed by atoms with Crippen molar-refractivity contribution in [1.82, 2.24) is 4.90 Å². The lowest BCUT2D eigenvalue weighted by atomic mass is 10.00. The van der Waals surface area contributed by atoms with E-state index in [4.69, 9.17) is 4.74 Å². The summed E-state index contributed by atoms with van der Waals surface area (Å²) in [6.07, 6.45) is 4.90. The first kappa shape index (κ1) is 13.8. The number of hydrogen-bond acceptors (Lipinski definition) is 2. The van der Waals surface area contributed by atoms with Crippen LogP contribution in [0.4, 0.5) is 4.79 Å². The third-order valence-corrected chi connectivity index (χ3v) is 3.32. The molecule has 1 aromatic heterocycles. The van der Waals surface area contributed by atoms with Crippen molar-refractivity contribution in [3.8, 4) is 0 Å². The molecule has 2 rings (SSSR count). The monoisotopic (exact) mass is 263 g/mol. The normalized spacial score (nSPS) is 19.6. The van der Waals surface area contributed by atoms with Gasteiger partial charge in [-0.05, 0) is 32.8 Å². The summed E-state index contributed by atoms with van der Waals surface area (Å²) in [6.45, 7) is 7.23. The van der Waals surface area contributed by atoms with Crippen LogP contribution in [0.25, 0.3) is 0 Å². The van der Waals surface area contributed by atoms with Crippen LogP contribution in [0.1, 0.15) is 38.7 Å². The highest BCUT2D eigenvalue weighted by Gasteiger charge is 2.30. The van der Waals surface area contributed by atoms with E-state index in [9.17, 15) is 4.79 Å². The lowest BCUT2D eigenvalue weighted by Gasteiger charge is -2.24. The lowest BCUT2D eigenvalue weighted by Crippen LogP contribution is -2.35. The molecule has 0 bridgehead atoms. The largest absolute Gasteiger partial charge is 0.444 e. The Bertz CT molecular complexity index is 448. The van der Waals surface area contributed by atoms with Gasteiger partial charge in [0.15, 0.2) is 12.4 Å². The molecule has 0 unspecified atom stereocenters. The number of ether oxygens (including phenoxy) is 1. The van der Waals surface area contributed by atoms with Gasteiger partial charge >= 0.3 is 6.09 Å². The van der Waals surface area contributed by atoms with Crippen molar-refractivity contribution in [3.05, 3.63) is 30.1 Å². The Morgan fingerprint density at radius 3 is 2.58 bits per heavy atom. The molecule has 0 radical (unpaired) electrons. The molecule has 104 valence electrons. The summed E-state index contributed by atoms with van der Waals surface area (Å²) in [5.41, 5.74) is 0.875. The zero-order valence-electron chi connectivity index (χ0n) is 12.2. The number of hydrogen-bond donors (Lipinski definition) is 0. The summed E-state index contributed by atoms with van der Waals surface area (Å²) in [5.74, 6) is 0.425. The van der Waals surface area contributed by atoms with Crippen LogP contribution in [-0.2, 0) is 11.8 Å². The van der Waals surface area contributed by atoms with Gasteiger partial charge < -0.3 is 9.64 Å². The maximum Gasteiger partial charge on any atom is 0.410 e. The molecule has 1 aliphatic heterocycles. The number of likely N-dealkylation sites (tertiary alicyclic amines) is 1. The zero-order valence-corrected chi connectivity index (χ0v) is 12.2. The summed E-state index contributed by atoms with van der Waals surface area (Å²) < 4.78 is 7.43. The molecule has 4 heteroatoms. The number of carbonyl (C=O) groups excluding carboxylic acids is 1. The van der Waals surface area contributed by atoms with E-state index in [0.717, 1.165) is 19.5 Å². The van der Waals surface area contributed by atoms with E-state index in [2.05, 4.69) is 12.1 Å². The van der Waals surface area contributed by atoms with Gasteiger partial charge in [-0.2, -0.15) is 0 Å². The molecule has 4 nitrogen and oxygen atoms in total. The van der Waals surface area contributed by atoms with Gasteiger partial charge in [0.2, 0.25) is 0 Å². The van der Waals surface area contributed by atoms with Gasteiger partial charge in [-0.25, -0.2) is 9.36 Å². The Hall–Kier alpha value is -1.58. The van der Waals surface area contributed by atoms with Crippen molar-refractivity contribution in [1.29, 1.82) is 0 Å². The average molecular weight is 263 g/mol. The van der Waals surface area contributed by atoms with Gasteiger partial charge in [-0.3, -0.25) is 0 Å². The van der Waals surface area contributed by atoms with Crippen LogP contribution < -0.4 is 4.57 Å². The Morgan fingerprint density at radius 2 is 2.00 bits per heavy atom. The first-order chi connectivity index (χ1) is 8.85. The van der Waals surface area contributed by atoms with Crippen LogP contribution in [0.3, 0.4) is 0 Å². The molecule has 0 aliphatic carbocycles. The molecule has 1 aliphatic rings. The molecule has 1 saturated heterocycles. The van der Waals surface area contributed by atoms with Crippen LogP contribution >= 0.6 is 0 Å². The first-order valence-corrected chi connectivity index (χ1v) is 6.78. The number of aromatic nitrogens is 1. The van der Waals surface area contributed by atoms with Gasteiger partial charge in [0.25, 0.3) is 0 Å². The van der Waals surface area contributed by atoms with E-state index in [1.165, 1.54) is 5.56 Å². The van der Waals surface area contributed by atoms with Gasteiger partial charge in [0, 0.05) is 31.1 Å². The minimum atomic E-state index is -0.421. The molecule has 1 amide bonds. The van der Waals surface area contributed by atoms with E-state index < -0.39 is 5.60 Å². The molecule has 0 saturated carbocycles. The number of nitrogens with zero attached hydrogens (tertiary/aromatic N) is 2. The smallest absolute Gasteiger partial charge is 0.410 e. The van der Waals surface area contributed by atoms with E-state index in [1.807, 2.05) is 49.7 Å². The standard InChI is InChI=1S/C15H23N2O2/c1-15(2,3)19-14(18)17-10-7-13(11-17)12-5-8-16(4)9-6-12/h5-6,8-9,13H,7,10-11H2,1-4H3/q+1/t13-/m1/s1. The zero-order chi connectivity index (χ0) is 14.0. The maximum absolute atomic E-state index is 12.0. The second-order valence-corrected chi connectivity index (χ2v) is 6.21. The van der Waals surface area contributed by atoms with E-state index in [0.29, 0.717) is 5.92 Å². The van der Waals surface area contributed by atoms with Crippen LogP contribution in [0.5, 0.6) is 0 Å². The number of pyridine rings is 1. The van der Waals surface area contributed by atoms with Crippen molar-refractivity contribution in [3.63, 3.8) is 0 Å². The fourth-order valence-electron chi connectivity index (χ4n) is 2.31. The molecule has 0 spiro atoms. The summed E-state index contributed by atoms with van der Waals surface area (Å²) in [7, 11) is 2.01. The molecule has 0 aromatic carbocycles. The third kappa shape index (κ3) is 3.69. The fourth-order valence-corrected chi connectivity index (χ4v) is 2.31. The lowest BCUT2D eigenvalue weighted by molar-refractivity contribution is -0.671. The Labute approximate surface area is 115 Å². The van der Waals surface area contributed by atoms with Crippen LogP contribution in [-0.4, -0.2) is 29.7 Å². The quantitative estimate of drug-likeness (QED) is 0.728. The molecular weight excluding hydrogens is 240 g/mol. The van der Waals surface area contributed by atoms with Crippen molar-refractivity contribution in [2.75, 3.05) is 13.1 Å². The minimum Gasteiger partial charge on any atom is -0.444 e. The van der Waals surface area contributed by atoms with Gasteiger partial charge in [-0.1, -0.05) is 0 Å². The van der Waals surface area contributed by atoms with Crippen molar-refractivity contribution in [2.45, 2.75) is 38.7 Å². The summed E-state index contributed by atoms with van der Waals surface area (Å²) in [5, 5.41) is 0. The number of rotatable bonds is 1. The van der Waals surface area contributed by atoms with Gasteiger partial charge in [0.05, 0.1) is 0 Å². The van der Waals surface area contributed by atoms with E-state index in [-0.39, 0.29) is 6.09 Å². The second-order valence-electron chi connectivity index (χ2n) is 6.21. The highest BCUT2D eigenvalue weighted by atomic mass is 16.6. The molecule has 1 atom stereocenters. The average Bonchev–Trinajstić information content (AvgIpc) is 2.77. The molecule has 1 aromatic rings. The topological polar surface area (TPSA) is 33.4 Å². The molecule has 19 heavy (non-hydrogen) atoms. The maximum atomic E-state index is 12.0. The summed E-state index contributed by atoms with van der Waals surface area (Å²) in [4.78, 5) is 13.8. The van der Waals surface area contributed by atoms with Gasteiger partial charge in [0.1, 0.15) is 12.6 Å².